The zero-order valence-electron chi connectivity index (χ0n) is 5.36. The molecular formula is C6H6BrClN2. The Hall–Kier alpha value is -0.280. The van der Waals surface area contributed by atoms with Gasteiger partial charge in [-0.2, -0.15) is 0 Å². The van der Waals surface area contributed by atoms with Gasteiger partial charge in [0.1, 0.15) is 5.82 Å². The predicted octanol–water partition coefficient (Wildman–Crippen LogP) is 2.39. The first kappa shape index (κ1) is 7.82. The first-order chi connectivity index (χ1) is 4.63. The monoisotopic (exact) mass is 220 g/mol. The van der Waals surface area contributed by atoms with Gasteiger partial charge in [-0.1, -0.05) is 11.6 Å². The maximum atomic E-state index is 5.82. The highest BCUT2D eigenvalue weighted by atomic mass is 79.9. The van der Waals surface area contributed by atoms with E-state index in [1.54, 1.807) is 6.20 Å². The second-order valence-electron chi connectivity index (χ2n) is 1.95. The molecule has 2 N–H and O–H groups in total. The zero-order chi connectivity index (χ0) is 7.72. The molecule has 4 heteroatoms. The topological polar surface area (TPSA) is 38.9 Å². The van der Waals surface area contributed by atoms with Crippen LogP contribution in [0.2, 0.25) is 5.02 Å². The molecule has 10 heavy (non-hydrogen) atoms. The quantitative estimate of drug-likeness (QED) is 0.731. The molecule has 0 bridgehead atoms. The molecule has 0 saturated heterocycles. The van der Waals surface area contributed by atoms with Gasteiger partial charge in [0, 0.05) is 6.20 Å². The molecule has 0 aliphatic carbocycles. The molecule has 0 fully saturated rings. The Kier molecular flexibility index (Phi) is 2.16. The fourth-order valence-electron chi connectivity index (χ4n) is 0.565. The molecule has 0 atom stereocenters. The van der Waals surface area contributed by atoms with E-state index >= 15 is 0 Å². The van der Waals surface area contributed by atoms with Gasteiger partial charge in [-0.05, 0) is 28.4 Å². The molecule has 0 spiro atoms. The third-order valence-electron chi connectivity index (χ3n) is 1.16. The van der Waals surface area contributed by atoms with E-state index in [0.717, 1.165) is 5.56 Å². The number of hydrogen-bond donors (Lipinski definition) is 1. The van der Waals surface area contributed by atoms with Crippen LogP contribution in [0.15, 0.2) is 10.7 Å². The van der Waals surface area contributed by atoms with Crippen LogP contribution < -0.4 is 5.73 Å². The van der Waals surface area contributed by atoms with Gasteiger partial charge in [0.2, 0.25) is 0 Å². The van der Waals surface area contributed by atoms with Crippen molar-refractivity contribution < 1.29 is 0 Å². The van der Waals surface area contributed by atoms with Crippen LogP contribution in [0.25, 0.3) is 0 Å². The van der Waals surface area contributed by atoms with E-state index in [-0.39, 0.29) is 0 Å². The number of nitrogens with two attached hydrogens (primary N) is 1. The molecule has 2 nitrogen and oxygen atoms in total. The van der Waals surface area contributed by atoms with Crippen molar-refractivity contribution in [2.45, 2.75) is 6.92 Å². The summed E-state index contributed by atoms with van der Waals surface area (Å²) in [5.41, 5.74) is 6.37. The third kappa shape index (κ3) is 1.25. The van der Waals surface area contributed by atoms with E-state index in [1.165, 1.54) is 0 Å². The van der Waals surface area contributed by atoms with E-state index in [2.05, 4.69) is 20.9 Å². The summed E-state index contributed by atoms with van der Waals surface area (Å²) >= 11 is 9.03. The zero-order valence-corrected chi connectivity index (χ0v) is 7.70. The number of anilines is 1. The van der Waals surface area contributed by atoms with Crippen LogP contribution in [-0.2, 0) is 0 Å². The van der Waals surface area contributed by atoms with Gasteiger partial charge in [0.25, 0.3) is 0 Å². The summed E-state index contributed by atoms with van der Waals surface area (Å²) in [5, 5.41) is 0.632. The first-order valence-corrected chi connectivity index (χ1v) is 3.86. The minimum atomic E-state index is 0.426. The Morgan fingerprint density at radius 1 is 1.70 bits per heavy atom. The average Bonchev–Trinajstić information content (AvgIpc) is 1.93. The molecule has 1 heterocycles. The molecular weight excluding hydrogens is 215 g/mol. The van der Waals surface area contributed by atoms with E-state index in [9.17, 15) is 0 Å². The second-order valence-corrected chi connectivity index (χ2v) is 3.13. The van der Waals surface area contributed by atoms with Crippen LogP contribution in [-0.4, -0.2) is 4.98 Å². The lowest BCUT2D eigenvalue weighted by Crippen LogP contribution is -1.92. The van der Waals surface area contributed by atoms with Crippen molar-refractivity contribution in [3.8, 4) is 0 Å². The highest BCUT2D eigenvalue weighted by molar-refractivity contribution is 9.10. The van der Waals surface area contributed by atoms with Gasteiger partial charge in [-0.25, -0.2) is 4.98 Å². The largest absolute Gasteiger partial charge is 0.383 e. The number of halogens is 2. The molecule has 0 aliphatic heterocycles. The van der Waals surface area contributed by atoms with Crippen LogP contribution in [0.1, 0.15) is 5.56 Å². The van der Waals surface area contributed by atoms with Crippen molar-refractivity contribution in [1.82, 2.24) is 4.98 Å². The molecule has 0 saturated carbocycles. The highest BCUT2D eigenvalue weighted by Gasteiger charge is 2.03. The summed E-state index contributed by atoms with van der Waals surface area (Å²) in [6.07, 6.45) is 1.64. The summed E-state index contributed by atoms with van der Waals surface area (Å²) < 4.78 is 0.675. The van der Waals surface area contributed by atoms with Gasteiger partial charge < -0.3 is 5.73 Å². The van der Waals surface area contributed by atoms with Crippen LogP contribution in [0, 0.1) is 6.92 Å². The number of nitrogen functional groups attached to an aromatic ring is 1. The molecule has 54 valence electrons. The van der Waals surface area contributed by atoms with Crippen LogP contribution in [0.3, 0.4) is 0 Å². The van der Waals surface area contributed by atoms with Crippen molar-refractivity contribution in [1.29, 1.82) is 0 Å². The molecule has 1 aromatic rings. The summed E-state index contributed by atoms with van der Waals surface area (Å²) in [6, 6.07) is 0. The number of aryl methyl sites for hydroxylation is 1. The molecule has 0 amide bonds. The fourth-order valence-corrected chi connectivity index (χ4v) is 1.13. The SMILES string of the molecule is Cc1cnc(N)c(Br)c1Cl. The summed E-state index contributed by atoms with van der Waals surface area (Å²) in [5.74, 6) is 0.426. The Morgan fingerprint density at radius 2 is 2.30 bits per heavy atom. The Bertz CT molecular complexity index is 235. The fraction of sp³-hybridized carbons (Fsp3) is 0.167. The summed E-state index contributed by atoms with van der Waals surface area (Å²) in [6.45, 7) is 1.87. The van der Waals surface area contributed by atoms with Crippen LogP contribution in [0.5, 0.6) is 0 Å². The molecule has 0 aromatic carbocycles. The second kappa shape index (κ2) is 2.76. The Morgan fingerprint density at radius 3 is 2.80 bits per heavy atom. The Balaban J connectivity index is 3.34. The average molecular weight is 221 g/mol. The molecule has 0 unspecified atom stereocenters. The lowest BCUT2D eigenvalue weighted by atomic mass is 10.3. The number of nitrogens with zero attached hydrogens (tertiary/aromatic N) is 1. The van der Waals surface area contributed by atoms with Crippen molar-refractivity contribution in [3.63, 3.8) is 0 Å². The van der Waals surface area contributed by atoms with Crippen LogP contribution in [0.4, 0.5) is 5.82 Å². The van der Waals surface area contributed by atoms with E-state index in [0.29, 0.717) is 15.3 Å². The number of pyridine rings is 1. The molecule has 1 rings (SSSR count). The predicted molar refractivity (Wildman–Crippen MR) is 46.1 cm³/mol. The minimum absolute atomic E-state index is 0.426. The number of aromatic nitrogens is 1. The van der Waals surface area contributed by atoms with Crippen molar-refractivity contribution in [2.24, 2.45) is 0 Å². The van der Waals surface area contributed by atoms with E-state index in [4.69, 9.17) is 17.3 Å². The van der Waals surface area contributed by atoms with Crippen molar-refractivity contribution >= 4 is 33.3 Å². The number of rotatable bonds is 0. The van der Waals surface area contributed by atoms with Gasteiger partial charge in [-0.3, -0.25) is 0 Å². The summed E-state index contributed by atoms with van der Waals surface area (Å²) in [7, 11) is 0. The smallest absolute Gasteiger partial charge is 0.139 e. The lowest BCUT2D eigenvalue weighted by Gasteiger charge is -2.01. The van der Waals surface area contributed by atoms with Gasteiger partial charge in [0.15, 0.2) is 0 Å². The third-order valence-corrected chi connectivity index (χ3v) is 2.68. The van der Waals surface area contributed by atoms with E-state index in [1.807, 2.05) is 6.92 Å². The molecule has 0 aliphatic rings. The Labute approximate surface area is 72.5 Å². The summed E-state index contributed by atoms with van der Waals surface area (Å²) in [4.78, 5) is 3.89. The van der Waals surface area contributed by atoms with Crippen molar-refractivity contribution in [3.05, 3.63) is 21.3 Å². The minimum Gasteiger partial charge on any atom is -0.383 e. The van der Waals surface area contributed by atoms with Gasteiger partial charge >= 0.3 is 0 Å². The maximum absolute atomic E-state index is 5.82. The standard InChI is InChI=1S/C6H6BrClN2/c1-3-2-10-6(9)4(7)5(3)8/h2H,1H3,(H2,9,10). The molecule has 1 aromatic heterocycles. The molecule has 0 radical (unpaired) electrons. The van der Waals surface area contributed by atoms with E-state index < -0.39 is 0 Å². The highest BCUT2D eigenvalue weighted by Crippen LogP contribution is 2.28. The van der Waals surface area contributed by atoms with Gasteiger partial charge in [-0.15, -0.1) is 0 Å². The van der Waals surface area contributed by atoms with Crippen LogP contribution >= 0.6 is 27.5 Å². The lowest BCUT2D eigenvalue weighted by molar-refractivity contribution is 1.26. The normalized spacial score (nSPS) is 9.90. The maximum Gasteiger partial charge on any atom is 0.139 e. The van der Waals surface area contributed by atoms with Crippen molar-refractivity contribution in [2.75, 3.05) is 5.73 Å². The van der Waals surface area contributed by atoms with Gasteiger partial charge in [0.05, 0.1) is 9.50 Å². The first-order valence-electron chi connectivity index (χ1n) is 2.69. The number of hydrogen-bond acceptors (Lipinski definition) is 2.